The summed E-state index contributed by atoms with van der Waals surface area (Å²) in [6, 6.07) is 0. The Bertz CT molecular complexity index is 86.9. The predicted molar refractivity (Wildman–Crippen MR) is 42.1 cm³/mol. The first-order chi connectivity index (χ1) is 4.27. The lowest BCUT2D eigenvalue weighted by Gasteiger charge is -2.32. The van der Waals surface area contributed by atoms with Crippen LogP contribution >= 0.6 is 12.6 Å². The van der Waals surface area contributed by atoms with Gasteiger partial charge in [-0.1, -0.05) is 0 Å². The van der Waals surface area contributed by atoms with Crippen molar-refractivity contribution in [2.75, 3.05) is 12.4 Å². The third-order valence-corrected chi connectivity index (χ3v) is 2.55. The molecule has 0 radical (unpaired) electrons. The zero-order chi connectivity index (χ0) is 6.74. The van der Waals surface area contributed by atoms with Gasteiger partial charge in [0, 0.05) is 12.4 Å². The molecule has 1 saturated heterocycles. The predicted octanol–water partition coefficient (Wildman–Crippen LogP) is 1.88. The van der Waals surface area contributed by atoms with Crippen molar-refractivity contribution in [2.24, 2.45) is 0 Å². The first kappa shape index (κ1) is 7.42. The van der Waals surface area contributed by atoms with Crippen LogP contribution in [0.25, 0.3) is 0 Å². The second-order valence-electron chi connectivity index (χ2n) is 2.91. The van der Waals surface area contributed by atoms with Gasteiger partial charge in [0.1, 0.15) is 0 Å². The Morgan fingerprint density at radius 2 is 2.33 bits per heavy atom. The molecule has 9 heavy (non-hydrogen) atoms. The molecular weight excluding hydrogens is 132 g/mol. The number of thiol groups is 1. The molecule has 1 nitrogen and oxygen atoms in total. The molecule has 0 aliphatic carbocycles. The first-order valence-electron chi connectivity index (χ1n) is 3.52. The second kappa shape index (κ2) is 2.93. The highest BCUT2D eigenvalue weighted by Gasteiger charge is 2.25. The van der Waals surface area contributed by atoms with E-state index in [0.29, 0.717) is 0 Å². The van der Waals surface area contributed by atoms with E-state index in [9.17, 15) is 0 Å². The van der Waals surface area contributed by atoms with Crippen molar-refractivity contribution in [1.29, 1.82) is 0 Å². The molecule has 2 heteroatoms. The van der Waals surface area contributed by atoms with Crippen LogP contribution in [-0.2, 0) is 4.74 Å². The molecule has 1 rings (SSSR count). The summed E-state index contributed by atoms with van der Waals surface area (Å²) < 4.78 is 5.54. The maximum Gasteiger partial charge on any atom is 0.0742 e. The Morgan fingerprint density at radius 3 is 2.67 bits per heavy atom. The summed E-state index contributed by atoms with van der Waals surface area (Å²) in [7, 11) is 0. The van der Waals surface area contributed by atoms with E-state index < -0.39 is 0 Å². The van der Waals surface area contributed by atoms with E-state index in [1.54, 1.807) is 0 Å². The van der Waals surface area contributed by atoms with Gasteiger partial charge >= 0.3 is 0 Å². The fourth-order valence-corrected chi connectivity index (χ4v) is 1.37. The summed E-state index contributed by atoms with van der Waals surface area (Å²) in [5, 5.41) is 0. The number of hydrogen-bond acceptors (Lipinski definition) is 2. The lowest BCUT2D eigenvalue weighted by Crippen LogP contribution is -2.34. The molecule has 0 aromatic heterocycles. The van der Waals surface area contributed by atoms with E-state index in [0.717, 1.165) is 12.4 Å². The van der Waals surface area contributed by atoms with Crippen molar-refractivity contribution in [3.8, 4) is 0 Å². The van der Waals surface area contributed by atoms with Crippen LogP contribution in [0.3, 0.4) is 0 Å². The molecule has 1 heterocycles. The van der Waals surface area contributed by atoms with Crippen LogP contribution in [0.15, 0.2) is 0 Å². The van der Waals surface area contributed by atoms with Crippen LogP contribution in [-0.4, -0.2) is 18.0 Å². The molecule has 0 aromatic rings. The van der Waals surface area contributed by atoms with Crippen LogP contribution in [0.4, 0.5) is 0 Å². The fraction of sp³-hybridized carbons (Fsp3) is 1.00. The largest absolute Gasteiger partial charge is 0.374 e. The highest BCUT2D eigenvalue weighted by Crippen LogP contribution is 2.24. The van der Waals surface area contributed by atoms with E-state index in [1.807, 2.05) is 0 Å². The standard InChI is InChI=1S/C7H14OS/c1-7(6-9)4-2-3-5-8-7/h9H,2-6H2,1H3. The van der Waals surface area contributed by atoms with Gasteiger partial charge in [0.15, 0.2) is 0 Å². The summed E-state index contributed by atoms with van der Waals surface area (Å²) in [5.74, 6) is 0.854. The van der Waals surface area contributed by atoms with E-state index in [4.69, 9.17) is 4.74 Å². The third kappa shape index (κ3) is 1.87. The number of ether oxygens (including phenoxy) is 1. The Labute approximate surface area is 62.2 Å². The minimum absolute atomic E-state index is 0.0847. The highest BCUT2D eigenvalue weighted by atomic mass is 32.1. The lowest BCUT2D eigenvalue weighted by molar-refractivity contribution is -0.0473. The maximum atomic E-state index is 5.54. The van der Waals surface area contributed by atoms with Crippen LogP contribution < -0.4 is 0 Å². The van der Waals surface area contributed by atoms with Crippen molar-refractivity contribution >= 4 is 12.6 Å². The van der Waals surface area contributed by atoms with Gasteiger partial charge in [0.2, 0.25) is 0 Å². The molecule has 1 atom stereocenters. The zero-order valence-corrected chi connectivity index (χ0v) is 6.79. The topological polar surface area (TPSA) is 9.23 Å². The third-order valence-electron chi connectivity index (χ3n) is 1.88. The van der Waals surface area contributed by atoms with Gasteiger partial charge in [0.05, 0.1) is 5.60 Å². The van der Waals surface area contributed by atoms with Gasteiger partial charge in [-0.2, -0.15) is 12.6 Å². The van der Waals surface area contributed by atoms with Crippen molar-refractivity contribution < 1.29 is 4.74 Å². The number of hydrogen-bond donors (Lipinski definition) is 1. The Kier molecular flexibility index (Phi) is 2.42. The van der Waals surface area contributed by atoms with E-state index in [1.165, 1.54) is 19.3 Å². The molecule has 1 aliphatic rings. The van der Waals surface area contributed by atoms with Crippen LogP contribution in [0.2, 0.25) is 0 Å². The van der Waals surface area contributed by atoms with E-state index >= 15 is 0 Å². The second-order valence-corrected chi connectivity index (χ2v) is 3.23. The van der Waals surface area contributed by atoms with Gasteiger partial charge in [-0.3, -0.25) is 0 Å². The van der Waals surface area contributed by atoms with Gasteiger partial charge < -0.3 is 4.74 Å². The van der Waals surface area contributed by atoms with E-state index in [2.05, 4.69) is 19.6 Å². The number of rotatable bonds is 1. The van der Waals surface area contributed by atoms with Crippen molar-refractivity contribution in [1.82, 2.24) is 0 Å². The average molecular weight is 146 g/mol. The molecule has 1 fully saturated rings. The summed E-state index contributed by atoms with van der Waals surface area (Å²) in [4.78, 5) is 0. The molecule has 1 unspecified atom stereocenters. The molecule has 54 valence electrons. The van der Waals surface area contributed by atoms with Gasteiger partial charge in [0.25, 0.3) is 0 Å². The monoisotopic (exact) mass is 146 g/mol. The normalized spacial score (nSPS) is 36.7. The Balaban J connectivity index is 2.37. The quantitative estimate of drug-likeness (QED) is 0.556. The summed E-state index contributed by atoms with van der Waals surface area (Å²) in [6.07, 6.45) is 3.71. The van der Waals surface area contributed by atoms with Gasteiger partial charge in [-0.05, 0) is 26.2 Å². The highest BCUT2D eigenvalue weighted by molar-refractivity contribution is 7.80. The van der Waals surface area contributed by atoms with Crippen LogP contribution in [0.1, 0.15) is 26.2 Å². The van der Waals surface area contributed by atoms with Crippen molar-refractivity contribution in [3.63, 3.8) is 0 Å². The zero-order valence-electron chi connectivity index (χ0n) is 5.89. The fourth-order valence-electron chi connectivity index (χ4n) is 1.12. The minimum Gasteiger partial charge on any atom is -0.374 e. The van der Waals surface area contributed by atoms with Gasteiger partial charge in [-0.25, -0.2) is 0 Å². The molecule has 0 bridgehead atoms. The summed E-state index contributed by atoms with van der Waals surface area (Å²) in [5.41, 5.74) is 0.0847. The SMILES string of the molecule is CC1(CS)CCCCO1. The summed E-state index contributed by atoms with van der Waals surface area (Å²) in [6.45, 7) is 3.07. The molecule has 0 aromatic carbocycles. The summed E-state index contributed by atoms with van der Waals surface area (Å²) >= 11 is 4.22. The average Bonchev–Trinajstić information content (AvgIpc) is 1.90. The minimum atomic E-state index is 0.0847. The molecule has 0 spiro atoms. The molecule has 0 saturated carbocycles. The first-order valence-corrected chi connectivity index (χ1v) is 4.15. The van der Waals surface area contributed by atoms with Crippen molar-refractivity contribution in [3.05, 3.63) is 0 Å². The van der Waals surface area contributed by atoms with E-state index in [-0.39, 0.29) is 5.60 Å². The molecule has 0 amide bonds. The molecule has 1 aliphatic heterocycles. The Hall–Kier alpha value is 0.310. The smallest absolute Gasteiger partial charge is 0.0742 e. The van der Waals surface area contributed by atoms with Crippen LogP contribution in [0.5, 0.6) is 0 Å². The van der Waals surface area contributed by atoms with Gasteiger partial charge in [-0.15, -0.1) is 0 Å². The Morgan fingerprint density at radius 1 is 1.56 bits per heavy atom. The molecular formula is C7H14OS. The molecule has 0 N–H and O–H groups in total. The maximum absolute atomic E-state index is 5.54. The van der Waals surface area contributed by atoms with Crippen LogP contribution in [0, 0.1) is 0 Å². The van der Waals surface area contributed by atoms with Crippen molar-refractivity contribution in [2.45, 2.75) is 31.8 Å². The lowest BCUT2D eigenvalue weighted by atomic mass is 9.98.